The van der Waals surface area contributed by atoms with Crippen molar-refractivity contribution in [1.82, 2.24) is 10.2 Å². The molecular weight excluding hydrogens is 404 g/mol. The average Bonchev–Trinajstić information content (AvgIpc) is 2.61. The van der Waals surface area contributed by atoms with Crippen LogP contribution in [0.4, 0.5) is 4.79 Å². The van der Waals surface area contributed by atoms with Gasteiger partial charge in [0.25, 0.3) is 11.8 Å². The number of nitrogens with zero attached hydrogens (tertiary/aromatic N) is 1. The molecule has 0 spiro atoms. The Morgan fingerprint density at radius 2 is 1.92 bits per heavy atom. The summed E-state index contributed by atoms with van der Waals surface area (Å²) < 4.78 is 5.56. The number of nitrogens with one attached hydrogen (secondary N) is 1. The Morgan fingerprint density at radius 3 is 2.58 bits per heavy atom. The lowest BCUT2D eigenvalue weighted by Crippen LogP contribution is -2.58. The molecular formula is C18H19BrN2O5. The van der Waals surface area contributed by atoms with E-state index < -0.39 is 17.8 Å². The molecule has 3 rings (SSSR count). The summed E-state index contributed by atoms with van der Waals surface area (Å²) in [4.78, 5) is 38.5. The lowest BCUT2D eigenvalue weighted by Gasteiger charge is -2.35. The molecule has 138 valence electrons. The number of ether oxygens (including phenoxy) is 1. The average molecular weight is 423 g/mol. The number of halogens is 1. The van der Waals surface area contributed by atoms with Crippen molar-refractivity contribution < 1.29 is 24.2 Å². The smallest absolute Gasteiger partial charge is 0.331 e. The standard InChI is InChI=1S/C18H19BrN2O5/c1-26-15-8-10(13(19)9-14(15)22)7-12-16(23)20-18(25)21(17(12)24)11-5-3-2-4-6-11/h7-9,11,22H,2-6H2,1H3,(H,20,23,25). The molecule has 0 aromatic heterocycles. The molecule has 1 aromatic rings. The van der Waals surface area contributed by atoms with Crippen molar-refractivity contribution in [3.63, 3.8) is 0 Å². The SMILES string of the molecule is COc1cc(C=C2C(=O)NC(=O)N(C3CCCCC3)C2=O)c(Br)cc1O. The molecule has 0 radical (unpaired) electrons. The van der Waals surface area contributed by atoms with Gasteiger partial charge in [0, 0.05) is 10.5 Å². The van der Waals surface area contributed by atoms with E-state index in [9.17, 15) is 19.5 Å². The van der Waals surface area contributed by atoms with Crippen molar-refractivity contribution in [2.75, 3.05) is 7.11 Å². The van der Waals surface area contributed by atoms with Crippen LogP contribution in [0.1, 0.15) is 37.7 Å². The predicted octanol–water partition coefficient (Wildman–Crippen LogP) is 2.96. The zero-order valence-corrected chi connectivity index (χ0v) is 15.8. The number of phenols is 1. The van der Waals surface area contributed by atoms with E-state index in [1.54, 1.807) is 0 Å². The summed E-state index contributed by atoms with van der Waals surface area (Å²) in [5.41, 5.74) is 0.361. The Bertz CT molecular complexity index is 799. The van der Waals surface area contributed by atoms with Gasteiger partial charge < -0.3 is 9.84 Å². The van der Waals surface area contributed by atoms with Gasteiger partial charge in [-0.1, -0.05) is 35.2 Å². The second-order valence-electron chi connectivity index (χ2n) is 6.33. The van der Waals surface area contributed by atoms with Crippen molar-refractivity contribution >= 4 is 39.9 Å². The van der Waals surface area contributed by atoms with E-state index in [1.807, 2.05) is 0 Å². The lowest BCUT2D eigenvalue weighted by molar-refractivity contribution is -0.132. The number of amides is 4. The highest BCUT2D eigenvalue weighted by molar-refractivity contribution is 9.10. The van der Waals surface area contributed by atoms with Crippen LogP contribution in [0, 0.1) is 0 Å². The number of barbiturate groups is 1. The maximum atomic E-state index is 12.9. The van der Waals surface area contributed by atoms with Gasteiger partial charge in [-0.25, -0.2) is 4.79 Å². The summed E-state index contributed by atoms with van der Waals surface area (Å²) in [6, 6.07) is 2.08. The Kier molecular flexibility index (Phi) is 5.31. The number of methoxy groups -OCH3 is 1. The van der Waals surface area contributed by atoms with Gasteiger partial charge in [0.15, 0.2) is 11.5 Å². The summed E-state index contributed by atoms with van der Waals surface area (Å²) in [6.45, 7) is 0. The number of rotatable bonds is 3. The Balaban J connectivity index is 1.97. The fourth-order valence-electron chi connectivity index (χ4n) is 3.33. The maximum Gasteiger partial charge on any atom is 0.331 e. The van der Waals surface area contributed by atoms with Crippen LogP contribution in [0.2, 0.25) is 0 Å². The van der Waals surface area contributed by atoms with Crippen molar-refractivity contribution in [3.05, 3.63) is 27.7 Å². The van der Waals surface area contributed by atoms with Crippen LogP contribution in [-0.4, -0.2) is 41.0 Å². The Hall–Kier alpha value is -2.35. The van der Waals surface area contributed by atoms with Crippen molar-refractivity contribution in [3.8, 4) is 11.5 Å². The molecule has 1 heterocycles. The second kappa shape index (κ2) is 7.49. The normalized spacial score (nSPS) is 20.5. The molecule has 26 heavy (non-hydrogen) atoms. The van der Waals surface area contributed by atoms with Crippen molar-refractivity contribution in [2.24, 2.45) is 0 Å². The highest BCUT2D eigenvalue weighted by atomic mass is 79.9. The summed E-state index contributed by atoms with van der Waals surface area (Å²) in [7, 11) is 1.40. The predicted molar refractivity (Wildman–Crippen MR) is 97.6 cm³/mol. The number of benzene rings is 1. The number of imide groups is 2. The second-order valence-corrected chi connectivity index (χ2v) is 7.18. The van der Waals surface area contributed by atoms with Gasteiger partial charge in [0.2, 0.25) is 0 Å². The molecule has 1 saturated carbocycles. The first kappa shape index (κ1) is 18.4. The Morgan fingerprint density at radius 1 is 1.23 bits per heavy atom. The largest absolute Gasteiger partial charge is 0.504 e. The van der Waals surface area contributed by atoms with Gasteiger partial charge in [-0.2, -0.15) is 0 Å². The summed E-state index contributed by atoms with van der Waals surface area (Å²) in [6.07, 6.45) is 5.88. The van der Waals surface area contributed by atoms with Crippen LogP contribution < -0.4 is 10.1 Å². The third-order valence-corrected chi connectivity index (χ3v) is 5.36. The van der Waals surface area contributed by atoms with Gasteiger partial charge in [0.05, 0.1) is 7.11 Å². The van der Waals surface area contributed by atoms with Crippen LogP contribution in [0.3, 0.4) is 0 Å². The molecule has 0 atom stereocenters. The molecule has 7 nitrogen and oxygen atoms in total. The monoisotopic (exact) mass is 422 g/mol. The first-order chi connectivity index (χ1) is 12.4. The maximum absolute atomic E-state index is 12.9. The molecule has 1 aromatic carbocycles. The van der Waals surface area contributed by atoms with E-state index in [1.165, 1.54) is 25.3 Å². The summed E-state index contributed by atoms with van der Waals surface area (Å²) in [5, 5.41) is 12.0. The van der Waals surface area contributed by atoms with E-state index in [4.69, 9.17) is 4.74 Å². The molecule has 2 N–H and O–H groups in total. The molecule has 2 aliphatic rings. The van der Waals surface area contributed by atoms with Gasteiger partial charge in [0.1, 0.15) is 5.57 Å². The van der Waals surface area contributed by atoms with Gasteiger partial charge in [-0.15, -0.1) is 0 Å². The number of carbonyl (C=O) groups excluding carboxylic acids is 3. The van der Waals surface area contributed by atoms with E-state index in [2.05, 4.69) is 21.2 Å². The molecule has 2 fully saturated rings. The minimum Gasteiger partial charge on any atom is -0.504 e. The highest BCUT2D eigenvalue weighted by Gasteiger charge is 2.40. The first-order valence-corrected chi connectivity index (χ1v) is 9.18. The third kappa shape index (κ3) is 3.46. The van der Waals surface area contributed by atoms with E-state index in [0.29, 0.717) is 10.0 Å². The molecule has 0 bridgehead atoms. The highest BCUT2D eigenvalue weighted by Crippen LogP contribution is 2.34. The van der Waals surface area contributed by atoms with E-state index in [0.717, 1.165) is 37.0 Å². The quantitative estimate of drug-likeness (QED) is 0.576. The van der Waals surface area contributed by atoms with Crippen LogP contribution >= 0.6 is 15.9 Å². The Labute approximate surface area is 159 Å². The lowest BCUT2D eigenvalue weighted by atomic mass is 9.93. The zero-order valence-electron chi connectivity index (χ0n) is 14.3. The van der Waals surface area contributed by atoms with Crippen LogP contribution in [-0.2, 0) is 9.59 Å². The van der Waals surface area contributed by atoms with Gasteiger partial charge >= 0.3 is 6.03 Å². The fraction of sp³-hybridized carbons (Fsp3) is 0.389. The number of hydrogen-bond acceptors (Lipinski definition) is 5. The fourth-order valence-corrected chi connectivity index (χ4v) is 3.78. The van der Waals surface area contributed by atoms with Crippen LogP contribution in [0.25, 0.3) is 6.08 Å². The number of carbonyl (C=O) groups is 3. The number of phenolic OH excluding ortho intramolecular Hbond substituents is 1. The van der Waals surface area contributed by atoms with Crippen molar-refractivity contribution in [2.45, 2.75) is 38.1 Å². The summed E-state index contributed by atoms with van der Waals surface area (Å²) in [5.74, 6) is -1.18. The molecule has 0 unspecified atom stereocenters. The molecule has 1 aliphatic carbocycles. The topological polar surface area (TPSA) is 95.9 Å². The van der Waals surface area contributed by atoms with E-state index in [-0.39, 0.29) is 23.1 Å². The molecule has 1 saturated heterocycles. The number of urea groups is 1. The van der Waals surface area contributed by atoms with E-state index >= 15 is 0 Å². The number of aromatic hydroxyl groups is 1. The van der Waals surface area contributed by atoms with Crippen molar-refractivity contribution in [1.29, 1.82) is 0 Å². The first-order valence-electron chi connectivity index (χ1n) is 8.39. The number of hydrogen-bond donors (Lipinski definition) is 2. The van der Waals surface area contributed by atoms with Crippen LogP contribution in [0.5, 0.6) is 11.5 Å². The zero-order chi connectivity index (χ0) is 18.8. The molecule has 8 heteroatoms. The minimum absolute atomic E-state index is 0.0695. The molecule has 1 aliphatic heterocycles. The van der Waals surface area contributed by atoms with Crippen LogP contribution in [0.15, 0.2) is 22.2 Å². The van der Waals surface area contributed by atoms with Gasteiger partial charge in [-0.05, 0) is 36.6 Å². The van der Waals surface area contributed by atoms with Gasteiger partial charge in [-0.3, -0.25) is 19.8 Å². The minimum atomic E-state index is -0.731. The molecule has 4 amide bonds. The third-order valence-electron chi connectivity index (χ3n) is 4.67. The summed E-state index contributed by atoms with van der Waals surface area (Å²) >= 11 is 3.30.